The van der Waals surface area contributed by atoms with Gasteiger partial charge in [0.15, 0.2) is 0 Å². The summed E-state index contributed by atoms with van der Waals surface area (Å²) in [7, 11) is 0. The second-order valence-electron chi connectivity index (χ2n) is 8.20. The minimum absolute atomic E-state index is 0.274. The number of hydrogen-bond donors (Lipinski definition) is 2. The van der Waals surface area contributed by atoms with Crippen molar-refractivity contribution >= 4 is 17.7 Å². The average Bonchev–Trinajstić information content (AvgIpc) is 3.55. The van der Waals surface area contributed by atoms with Crippen LogP contribution >= 0.6 is 0 Å². The second-order valence-corrected chi connectivity index (χ2v) is 8.20. The number of amides is 1. The Bertz CT molecular complexity index is 842. The van der Waals surface area contributed by atoms with Gasteiger partial charge in [0.25, 0.3) is 0 Å². The van der Waals surface area contributed by atoms with Crippen LogP contribution in [0.4, 0.5) is 5.69 Å². The van der Waals surface area contributed by atoms with Crippen molar-refractivity contribution in [2.24, 2.45) is 11.7 Å². The molecule has 0 bridgehead atoms. The predicted octanol–water partition coefficient (Wildman–Crippen LogP) is 3.65. The van der Waals surface area contributed by atoms with E-state index in [9.17, 15) is 10.0 Å². The molecule has 152 valence electrons. The molecule has 1 aliphatic carbocycles. The van der Waals surface area contributed by atoms with Gasteiger partial charge in [-0.25, -0.2) is 0 Å². The molecular formula is C24H29N3O2. The SMILES string of the molecule is NC(=O)/C=C/c1ccc(N2CCC(CN(O)C3CC3c3ccccc3)CC2)cc1. The number of anilines is 1. The number of nitrogens with zero attached hydrogens (tertiary/aromatic N) is 2. The summed E-state index contributed by atoms with van der Waals surface area (Å²) >= 11 is 0. The van der Waals surface area contributed by atoms with E-state index in [2.05, 4.69) is 41.3 Å². The van der Waals surface area contributed by atoms with Crippen LogP contribution in [0.3, 0.4) is 0 Å². The Balaban J connectivity index is 1.24. The summed E-state index contributed by atoms with van der Waals surface area (Å²) in [5.41, 5.74) is 8.64. The first kappa shape index (κ1) is 19.7. The van der Waals surface area contributed by atoms with Crippen molar-refractivity contribution in [1.82, 2.24) is 5.06 Å². The Hall–Kier alpha value is -2.63. The third-order valence-electron chi connectivity index (χ3n) is 6.13. The van der Waals surface area contributed by atoms with Crippen LogP contribution in [0.1, 0.15) is 36.3 Å². The van der Waals surface area contributed by atoms with Crippen molar-refractivity contribution in [3.05, 3.63) is 71.8 Å². The summed E-state index contributed by atoms with van der Waals surface area (Å²) < 4.78 is 0. The van der Waals surface area contributed by atoms with Gasteiger partial charge < -0.3 is 15.8 Å². The van der Waals surface area contributed by atoms with Gasteiger partial charge in [-0.15, -0.1) is 0 Å². The summed E-state index contributed by atoms with van der Waals surface area (Å²) in [5, 5.41) is 12.2. The fourth-order valence-electron chi connectivity index (χ4n) is 4.32. The summed E-state index contributed by atoms with van der Waals surface area (Å²) in [4.78, 5) is 13.2. The molecule has 5 nitrogen and oxygen atoms in total. The predicted molar refractivity (Wildman–Crippen MR) is 116 cm³/mol. The molecule has 4 rings (SSSR count). The number of benzene rings is 2. The Morgan fingerprint density at radius 3 is 2.45 bits per heavy atom. The monoisotopic (exact) mass is 391 g/mol. The maximum absolute atomic E-state index is 10.8. The number of piperidine rings is 1. The zero-order valence-corrected chi connectivity index (χ0v) is 16.7. The molecule has 1 saturated carbocycles. The molecule has 0 aromatic heterocycles. The van der Waals surface area contributed by atoms with E-state index in [1.54, 1.807) is 11.1 Å². The van der Waals surface area contributed by atoms with E-state index in [0.717, 1.165) is 44.5 Å². The number of primary amides is 1. The van der Waals surface area contributed by atoms with Gasteiger partial charge in [0.1, 0.15) is 0 Å². The number of hydroxylamine groups is 2. The van der Waals surface area contributed by atoms with E-state index in [-0.39, 0.29) is 6.04 Å². The van der Waals surface area contributed by atoms with Gasteiger partial charge in [-0.2, -0.15) is 5.06 Å². The highest BCUT2D eigenvalue weighted by atomic mass is 16.5. The number of nitrogens with two attached hydrogens (primary N) is 1. The van der Waals surface area contributed by atoms with Crippen LogP contribution in [0.2, 0.25) is 0 Å². The highest BCUT2D eigenvalue weighted by Gasteiger charge is 2.43. The molecular weight excluding hydrogens is 362 g/mol. The molecule has 2 aromatic carbocycles. The number of rotatable bonds is 7. The van der Waals surface area contributed by atoms with Gasteiger partial charge in [-0.05, 0) is 54.5 Å². The summed E-state index contributed by atoms with van der Waals surface area (Å²) in [5.74, 6) is 0.574. The van der Waals surface area contributed by atoms with Gasteiger partial charge in [-0.1, -0.05) is 42.5 Å². The summed E-state index contributed by atoms with van der Waals surface area (Å²) in [6.07, 6.45) is 6.33. The maximum Gasteiger partial charge on any atom is 0.241 e. The molecule has 3 N–H and O–H groups in total. The zero-order valence-electron chi connectivity index (χ0n) is 16.7. The van der Waals surface area contributed by atoms with Crippen LogP contribution < -0.4 is 10.6 Å². The number of hydrogen-bond acceptors (Lipinski definition) is 4. The molecule has 0 spiro atoms. The minimum Gasteiger partial charge on any atom is -0.372 e. The Kier molecular flexibility index (Phi) is 5.97. The molecule has 1 saturated heterocycles. The van der Waals surface area contributed by atoms with Gasteiger partial charge in [0.05, 0.1) is 0 Å². The molecule has 5 heteroatoms. The molecule has 0 radical (unpaired) electrons. The summed E-state index contributed by atoms with van der Waals surface area (Å²) in [6.45, 7) is 2.77. The fraction of sp³-hybridized carbons (Fsp3) is 0.375. The third-order valence-corrected chi connectivity index (χ3v) is 6.13. The molecule has 2 aromatic rings. The Morgan fingerprint density at radius 2 is 1.79 bits per heavy atom. The normalized spacial score (nSPS) is 22.3. The second kappa shape index (κ2) is 8.80. The first-order chi connectivity index (χ1) is 14.1. The van der Waals surface area contributed by atoms with Crippen molar-refractivity contribution < 1.29 is 10.0 Å². The van der Waals surface area contributed by atoms with Crippen molar-refractivity contribution in [3.8, 4) is 0 Å². The van der Waals surface area contributed by atoms with Gasteiger partial charge in [0, 0.05) is 43.4 Å². The highest BCUT2D eigenvalue weighted by Crippen LogP contribution is 2.44. The Labute approximate surface area is 172 Å². The van der Waals surface area contributed by atoms with E-state index < -0.39 is 5.91 Å². The minimum atomic E-state index is -0.435. The first-order valence-corrected chi connectivity index (χ1v) is 10.4. The van der Waals surface area contributed by atoms with E-state index in [0.29, 0.717) is 11.8 Å². The van der Waals surface area contributed by atoms with E-state index in [4.69, 9.17) is 5.73 Å². The largest absolute Gasteiger partial charge is 0.372 e. The zero-order chi connectivity index (χ0) is 20.2. The maximum atomic E-state index is 10.8. The van der Waals surface area contributed by atoms with E-state index in [1.807, 2.05) is 18.2 Å². The third kappa shape index (κ3) is 5.05. The lowest BCUT2D eigenvalue weighted by atomic mass is 9.96. The molecule has 1 aliphatic heterocycles. The fourth-order valence-corrected chi connectivity index (χ4v) is 4.32. The van der Waals surface area contributed by atoms with E-state index in [1.165, 1.54) is 17.3 Å². The average molecular weight is 392 g/mol. The highest BCUT2D eigenvalue weighted by molar-refractivity contribution is 5.90. The number of carbonyl (C=O) groups is 1. The van der Waals surface area contributed by atoms with Crippen molar-refractivity contribution in [1.29, 1.82) is 0 Å². The van der Waals surface area contributed by atoms with Gasteiger partial charge in [0.2, 0.25) is 5.91 Å². The van der Waals surface area contributed by atoms with Crippen LogP contribution in [0.25, 0.3) is 6.08 Å². The first-order valence-electron chi connectivity index (χ1n) is 10.4. The van der Waals surface area contributed by atoms with Crippen LogP contribution in [0.15, 0.2) is 60.7 Å². The lowest BCUT2D eigenvalue weighted by Gasteiger charge is -2.35. The molecule has 2 fully saturated rings. The standard InChI is InChI=1S/C24H29N3O2/c25-24(28)11-8-18-6-9-21(10-7-18)26-14-12-19(13-15-26)17-27(29)23-16-22(23)20-4-2-1-3-5-20/h1-11,19,22-23,29H,12-17H2,(H2,25,28)/b11-8+. The molecule has 1 amide bonds. The van der Waals surface area contributed by atoms with Crippen LogP contribution in [0, 0.1) is 5.92 Å². The van der Waals surface area contributed by atoms with Crippen molar-refractivity contribution in [2.75, 3.05) is 24.5 Å². The smallest absolute Gasteiger partial charge is 0.241 e. The molecule has 2 aliphatic rings. The van der Waals surface area contributed by atoms with Crippen LogP contribution in [0.5, 0.6) is 0 Å². The molecule has 29 heavy (non-hydrogen) atoms. The lowest BCUT2D eigenvalue weighted by Crippen LogP contribution is -2.38. The van der Waals surface area contributed by atoms with Gasteiger partial charge >= 0.3 is 0 Å². The quantitative estimate of drug-likeness (QED) is 0.558. The van der Waals surface area contributed by atoms with Crippen molar-refractivity contribution in [3.63, 3.8) is 0 Å². The topological polar surface area (TPSA) is 69.8 Å². The molecule has 1 heterocycles. The lowest BCUT2D eigenvalue weighted by molar-refractivity contribution is -0.113. The van der Waals surface area contributed by atoms with Crippen LogP contribution in [-0.4, -0.2) is 41.9 Å². The number of carbonyl (C=O) groups excluding carboxylic acids is 1. The van der Waals surface area contributed by atoms with E-state index >= 15 is 0 Å². The van der Waals surface area contributed by atoms with Crippen molar-refractivity contribution in [2.45, 2.75) is 31.2 Å². The molecule has 2 atom stereocenters. The van der Waals surface area contributed by atoms with Gasteiger partial charge in [-0.3, -0.25) is 4.79 Å². The molecule has 2 unspecified atom stereocenters. The summed E-state index contributed by atoms with van der Waals surface area (Å²) in [6, 6.07) is 19.0. The Morgan fingerprint density at radius 1 is 1.10 bits per heavy atom. The van der Waals surface area contributed by atoms with Crippen LogP contribution in [-0.2, 0) is 4.79 Å².